The second-order valence-corrected chi connectivity index (χ2v) is 9.58. The van der Waals surface area contributed by atoms with E-state index in [4.69, 9.17) is 9.97 Å². The molecule has 1 aliphatic carbocycles. The average molecular weight is 673 g/mol. The van der Waals surface area contributed by atoms with Gasteiger partial charge in [-0.3, -0.25) is 0 Å². The first-order valence-electron chi connectivity index (χ1n) is 12.4. The van der Waals surface area contributed by atoms with E-state index in [0.717, 1.165) is 23.0 Å². The smallest absolute Gasteiger partial charge is 0.396 e. The zero-order chi connectivity index (χ0) is 25.0. The van der Waals surface area contributed by atoms with Crippen LogP contribution in [0.1, 0.15) is 22.5 Å². The fourth-order valence-electron chi connectivity index (χ4n) is 5.64. The van der Waals surface area contributed by atoms with E-state index in [-0.39, 0.29) is 21.1 Å². The van der Waals surface area contributed by atoms with Gasteiger partial charge in [-0.15, -0.1) is 0 Å². The van der Waals surface area contributed by atoms with Crippen LogP contribution in [0.25, 0.3) is 11.1 Å². The largest absolute Gasteiger partial charge is 0.406 e. The molecule has 0 bridgehead atoms. The third-order valence-corrected chi connectivity index (χ3v) is 7.26. The van der Waals surface area contributed by atoms with Gasteiger partial charge in [0, 0.05) is 45.9 Å². The molecule has 7 rings (SSSR count). The van der Waals surface area contributed by atoms with Crippen molar-refractivity contribution in [2.45, 2.75) is 5.41 Å². The molecule has 0 saturated heterocycles. The molecule has 0 unspecified atom stereocenters. The van der Waals surface area contributed by atoms with E-state index in [1.165, 1.54) is 22.3 Å². The minimum absolute atomic E-state index is 0. The zero-order valence-corrected chi connectivity index (χ0v) is 23.3. The Bertz CT molecular complexity index is 1460. The van der Waals surface area contributed by atoms with Crippen LogP contribution in [0.2, 0.25) is 0 Å². The van der Waals surface area contributed by atoms with Crippen molar-refractivity contribution in [2.75, 3.05) is 23.7 Å². The minimum Gasteiger partial charge on any atom is -0.406 e. The quantitative estimate of drug-likeness (QED) is 0.265. The van der Waals surface area contributed by atoms with Crippen LogP contribution in [-0.2, 0) is 26.5 Å². The summed E-state index contributed by atoms with van der Waals surface area (Å²) in [6.45, 7) is 0. The van der Waals surface area contributed by atoms with Gasteiger partial charge in [0.25, 0.3) is 0 Å². The van der Waals surface area contributed by atoms with Gasteiger partial charge >= 0.3 is 15.1 Å². The van der Waals surface area contributed by atoms with E-state index >= 15 is 0 Å². The van der Waals surface area contributed by atoms with Gasteiger partial charge in [0.1, 0.15) is 17.1 Å². The molecule has 38 heavy (non-hydrogen) atoms. The van der Waals surface area contributed by atoms with Crippen LogP contribution in [0, 0.1) is 0 Å². The van der Waals surface area contributed by atoms with Crippen molar-refractivity contribution in [3.63, 3.8) is 0 Å². The zero-order valence-electron chi connectivity index (χ0n) is 21.0. The summed E-state index contributed by atoms with van der Waals surface area (Å²) < 4.78 is 0. The number of fused-ring (bicyclic) bond motifs is 3. The third-order valence-electron chi connectivity index (χ3n) is 7.26. The molecule has 0 fully saturated rings. The van der Waals surface area contributed by atoms with E-state index in [2.05, 4.69) is 72.8 Å². The van der Waals surface area contributed by atoms with E-state index in [9.17, 15) is 0 Å². The van der Waals surface area contributed by atoms with Crippen LogP contribution in [0.15, 0.2) is 110 Å². The fourth-order valence-corrected chi connectivity index (χ4v) is 5.64. The van der Waals surface area contributed by atoms with Crippen molar-refractivity contribution in [3.05, 3.63) is 132 Å². The van der Waals surface area contributed by atoms with Crippen molar-refractivity contribution >= 4 is 26.7 Å². The molecule has 4 aromatic rings. The molecule has 0 amide bonds. The summed E-state index contributed by atoms with van der Waals surface area (Å²) in [4.78, 5) is 18.7. The molecule has 3 aliphatic rings. The van der Waals surface area contributed by atoms with Gasteiger partial charge in [-0.2, -0.15) is 0 Å². The standard InChI is InChI=1S/C29H24B2N6.Pt/c1-34-17-19-36(30-34)27-15-7-13-25(32-27)29(26-14-8-16-28(33-26)37-20-18-35(2)31-37)23-11-5-3-9-21(23)22-10-4-6-12-24(22)29;/h3-20H,1-2H3;. The number of hydrogen-bond acceptors (Lipinski definition) is 6. The molecule has 0 N–H and O–H groups in total. The number of aromatic nitrogens is 2. The number of hydrogen-bond donors (Lipinski definition) is 0. The van der Waals surface area contributed by atoms with Gasteiger partial charge < -0.3 is 19.2 Å². The van der Waals surface area contributed by atoms with E-state index in [0.29, 0.717) is 0 Å². The summed E-state index contributed by atoms with van der Waals surface area (Å²) in [6.07, 6.45) is 8.10. The molecule has 2 aromatic carbocycles. The Balaban J connectivity index is 0.00000264. The topological polar surface area (TPSA) is 38.7 Å². The predicted molar refractivity (Wildman–Crippen MR) is 150 cm³/mol. The first kappa shape index (κ1) is 24.6. The molecule has 0 saturated carbocycles. The summed E-state index contributed by atoms with van der Waals surface area (Å²) >= 11 is 0. The molecule has 6 nitrogen and oxygen atoms in total. The summed E-state index contributed by atoms with van der Waals surface area (Å²) in [5.41, 5.74) is 6.06. The maximum Gasteiger partial charge on any atom is 0.396 e. The summed E-state index contributed by atoms with van der Waals surface area (Å²) in [5, 5.41) is 0. The summed E-state index contributed by atoms with van der Waals surface area (Å²) in [5.74, 6) is 1.74. The van der Waals surface area contributed by atoms with Crippen LogP contribution >= 0.6 is 0 Å². The number of benzene rings is 2. The van der Waals surface area contributed by atoms with Crippen LogP contribution in [0.5, 0.6) is 0 Å². The molecule has 186 valence electrons. The Morgan fingerprint density at radius 2 is 1.00 bits per heavy atom. The maximum absolute atomic E-state index is 5.29. The van der Waals surface area contributed by atoms with Gasteiger partial charge in [-0.05, 0) is 60.6 Å². The Hall–Kier alpha value is -3.76. The van der Waals surface area contributed by atoms with E-state index in [1.54, 1.807) is 0 Å². The molecular formula is C29H24B2N6Pt. The fraction of sp³-hybridized carbons (Fsp3) is 0.103. The van der Waals surface area contributed by atoms with E-state index in [1.807, 2.05) is 85.4 Å². The van der Waals surface area contributed by atoms with Crippen molar-refractivity contribution in [3.8, 4) is 11.1 Å². The second kappa shape index (κ2) is 9.52. The number of rotatable bonds is 4. The number of nitrogens with zero attached hydrogens (tertiary/aromatic N) is 6. The normalized spacial score (nSPS) is 16.2. The Morgan fingerprint density at radius 1 is 0.553 bits per heavy atom. The van der Waals surface area contributed by atoms with Gasteiger partial charge in [-0.25, -0.2) is 9.97 Å². The van der Waals surface area contributed by atoms with Gasteiger partial charge in [0.15, 0.2) is 0 Å². The Kier molecular flexibility index (Phi) is 6.15. The first-order chi connectivity index (χ1) is 18.1. The van der Waals surface area contributed by atoms with Crippen molar-refractivity contribution in [1.29, 1.82) is 0 Å². The third kappa shape index (κ3) is 3.70. The number of pyridine rings is 2. The van der Waals surface area contributed by atoms with Crippen LogP contribution in [0.3, 0.4) is 0 Å². The molecule has 9 heteroatoms. The Labute approximate surface area is 239 Å². The molecule has 0 spiro atoms. The molecule has 2 aromatic heterocycles. The summed E-state index contributed by atoms with van der Waals surface area (Å²) in [7, 11) is 8.09. The van der Waals surface area contributed by atoms with Gasteiger partial charge in [-0.1, -0.05) is 60.7 Å². The number of anilines is 2. The molecule has 4 heterocycles. The SMILES string of the molecule is CN1[B]N(c2cccc(C3(c4cccc(N5[B]N(C)C=C5)n4)c4ccccc4-c4ccccc43)n2)C=C1.[Pt]. The first-order valence-corrected chi connectivity index (χ1v) is 12.4. The second-order valence-electron chi connectivity index (χ2n) is 9.58. The van der Waals surface area contributed by atoms with Crippen LogP contribution in [-0.4, -0.2) is 48.8 Å². The molecule has 2 aliphatic heterocycles. The molecule has 0 atom stereocenters. The summed E-state index contributed by atoms with van der Waals surface area (Å²) in [6, 6.07) is 29.9. The van der Waals surface area contributed by atoms with E-state index < -0.39 is 5.41 Å². The molecule has 2 radical (unpaired) electrons. The van der Waals surface area contributed by atoms with Crippen molar-refractivity contribution in [2.24, 2.45) is 0 Å². The average Bonchev–Trinajstić information content (AvgIpc) is 3.65. The monoisotopic (exact) mass is 673 g/mol. The van der Waals surface area contributed by atoms with Crippen LogP contribution in [0.4, 0.5) is 11.6 Å². The van der Waals surface area contributed by atoms with Gasteiger partial charge in [0.2, 0.25) is 0 Å². The Morgan fingerprint density at radius 3 is 1.42 bits per heavy atom. The maximum atomic E-state index is 5.29. The van der Waals surface area contributed by atoms with Crippen LogP contribution < -0.4 is 9.62 Å². The predicted octanol–water partition coefficient (Wildman–Crippen LogP) is 4.35. The van der Waals surface area contributed by atoms with Crippen molar-refractivity contribution < 1.29 is 21.1 Å². The van der Waals surface area contributed by atoms with Crippen molar-refractivity contribution in [1.82, 2.24) is 19.6 Å². The molecular weight excluding hydrogens is 649 g/mol. The van der Waals surface area contributed by atoms with Gasteiger partial charge in [0.05, 0.1) is 11.4 Å². The minimum atomic E-state index is -0.663.